The van der Waals surface area contributed by atoms with Crippen LogP contribution in [0.1, 0.15) is 5.56 Å². The Kier molecular flexibility index (Phi) is 5.48. The van der Waals surface area contributed by atoms with Crippen molar-refractivity contribution in [2.45, 2.75) is 0 Å². The summed E-state index contributed by atoms with van der Waals surface area (Å²) in [5.74, 6) is -0.367. The Morgan fingerprint density at radius 1 is 1.32 bits per heavy atom. The van der Waals surface area contributed by atoms with E-state index >= 15 is 0 Å². The van der Waals surface area contributed by atoms with Gasteiger partial charge in [-0.2, -0.15) is 0 Å². The van der Waals surface area contributed by atoms with E-state index in [4.69, 9.17) is 9.94 Å². The van der Waals surface area contributed by atoms with Crippen LogP contribution in [0.4, 0.5) is 10.1 Å². The lowest BCUT2D eigenvalue weighted by Gasteiger charge is -2.10. The number of hydrogen-bond donors (Lipinski definition) is 2. The molecule has 0 aromatic heterocycles. The van der Waals surface area contributed by atoms with Gasteiger partial charge < -0.3 is 15.3 Å². The maximum absolute atomic E-state index is 12.8. The van der Waals surface area contributed by atoms with E-state index in [0.717, 1.165) is 4.47 Å². The van der Waals surface area contributed by atoms with Crippen molar-refractivity contribution in [2.24, 2.45) is 5.16 Å². The van der Waals surface area contributed by atoms with E-state index in [-0.39, 0.29) is 18.3 Å². The lowest BCUT2D eigenvalue weighted by atomic mass is 10.2. The smallest absolute Gasteiger partial charge is 0.262 e. The van der Waals surface area contributed by atoms with Crippen LogP contribution in [0.15, 0.2) is 52.1 Å². The van der Waals surface area contributed by atoms with Gasteiger partial charge in [0.1, 0.15) is 11.6 Å². The number of carbonyl (C=O) groups excluding carboxylic acids is 1. The fourth-order valence-electron chi connectivity index (χ4n) is 1.69. The summed E-state index contributed by atoms with van der Waals surface area (Å²) in [4.78, 5) is 11.8. The minimum atomic E-state index is -0.388. The number of ether oxygens (including phenoxy) is 1. The van der Waals surface area contributed by atoms with Gasteiger partial charge in [-0.15, -0.1) is 0 Å². The number of benzene rings is 2. The topological polar surface area (TPSA) is 70.9 Å². The molecule has 2 aromatic carbocycles. The van der Waals surface area contributed by atoms with Crippen molar-refractivity contribution in [1.29, 1.82) is 0 Å². The summed E-state index contributed by atoms with van der Waals surface area (Å²) in [7, 11) is 0. The Labute approximate surface area is 134 Å². The van der Waals surface area contributed by atoms with Crippen LogP contribution in [0.3, 0.4) is 0 Å². The number of nitrogens with zero attached hydrogens (tertiary/aromatic N) is 1. The molecule has 0 bridgehead atoms. The van der Waals surface area contributed by atoms with Crippen molar-refractivity contribution >= 4 is 33.7 Å². The highest BCUT2D eigenvalue weighted by molar-refractivity contribution is 9.10. The molecule has 0 saturated heterocycles. The molecule has 22 heavy (non-hydrogen) atoms. The summed E-state index contributed by atoms with van der Waals surface area (Å²) in [5, 5.41) is 14.1. The number of amides is 1. The van der Waals surface area contributed by atoms with Crippen LogP contribution in [-0.2, 0) is 4.79 Å². The summed E-state index contributed by atoms with van der Waals surface area (Å²) < 4.78 is 18.9. The third kappa shape index (κ3) is 4.56. The Bertz CT molecular complexity index is 690. The summed E-state index contributed by atoms with van der Waals surface area (Å²) in [6.07, 6.45) is 1.21. The normalized spacial score (nSPS) is 10.6. The van der Waals surface area contributed by atoms with Gasteiger partial charge in [-0.1, -0.05) is 21.1 Å². The predicted octanol–water partition coefficient (Wildman–Crippen LogP) is 3.41. The minimum absolute atomic E-state index is 0.231. The van der Waals surface area contributed by atoms with Crippen molar-refractivity contribution in [2.75, 3.05) is 11.9 Å². The fraction of sp³-hybridized carbons (Fsp3) is 0.0667. The zero-order chi connectivity index (χ0) is 15.9. The summed E-state index contributed by atoms with van der Waals surface area (Å²) in [5.41, 5.74) is 0.995. The number of oxime groups is 1. The van der Waals surface area contributed by atoms with Crippen LogP contribution in [0, 0.1) is 5.82 Å². The van der Waals surface area contributed by atoms with Crippen molar-refractivity contribution in [3.8, 4) is 5.75 Å². The monoisotopic (exact) mass is 366 g/mol. The van der Waals surface area contributed by atoms with Gasteiger partial charge in [-0.25, -0.2) is 4.39 Å². The molecule has 0 unspecified atom stereocenters. The second kappa shape index (κ2) is 7.56. The molecule has 0 saturated carbocycles. The van der Waals surface area contributed by atoms with Gasteiger partial charge in [-0.3, -0.25) is 4.79 Å². The largest absolute Gasteiger partial charge is 0.483 e. The first-order valence-electron chi connectivity index (χ1n) is 6.23. The molecule has 1 amide bonds. The Morgan fingerprint density at radius 2 is 2.05 bits per heavy atom. The molecule has 0 radical (unpaired) electrons. The van der Waals surface area contributed by atoms with E-state index in [0.29, 0.717) is 17.0 Å². The summed E-state index contributed by atoms with van der Waals surface area (Å²) in [6.45, 7) is -0.231. The van der Waals surface area contributed by atoms with Gasteiger partial charge in [0.05, 0.1) is 6.21 Å². The standard InChI is InChI=1S/C15H12BrFN2O3/c16-11-1-6-14(10(7-11)8-18-21)22-9-15(20)19-13-4-2-12(17)3-5-13/h1-8,21H,9H2,(H,19,20). The van der Waals surface area contributed by atoms with Gasteiger partial charge in [0, 0.05) is 15.7 Å². The highest BCUT2D eigenvalue weighted by Gasteiger charge is 2.07. The quantitative estimate of drug-likeness (QED) is 0.483. The molecule has 0 fully saturated rings. The van der Waals surface area contributed by atoms with Crippen molar-refractivity contribution in [3.05, 3.63) is 58.3 Å². The molecule has 0 aliphatic heterocycles. The van der Waals surface area contributed by atoms with E-state index in [1.165, 1.54) is 30.5 Å². The van der Waals surface area contributed by atoms with Crippen molar-refractivity contribution in [1.82, 2.24) is 0 Å². The second-order valence-electron chi connectivity index (χ2n) is 4.27. The second-order valence-corrected chi connectivity index (χ2v) is 5.19. The molecule has 5 nitrogen and oxygen atoms in total. The van der Waals surface area contributed by atoms with E-state index in [1.54, 1.807) is 18.2 Å². The Balaban J connectivity index is 1.97. The maximum Gasteiger partial charge on any atom is 0.262 e. The molecule has 114 valence electrons. The maximum atomic E-state index is 12.8. The molecule has 0 aliphatic carbocycles. The highest BCUT2D eigenvalue weighted by Crippen LogP contribution is 2.22. The molecule has 7 heteroatoms. The Morgan fingerprint density at radius 3 is 2.73 bits per heavy atom. The number of nitrogens with one attached hydrogen (secondary N) is 1. The fourth-order valence-corrected chi connectivity index (χ4v) is 2.07. The molecule has 0 atom stereocenters. The first-order valence-corrected chi connectivity index (χ1v) is 7.03. The van der Waals surface area contributed by atoms with Crippen LogP contribution in [-0.4, -0.2) is 23.9 Å². The number of hydrogen-bond acceptors (Lipinski definition) is 4. The first kappa shape index (κ1) is 16.0. The Hall–Kier alpha value is -2.41. The molecule has 2 N–H and O–H groups in total. The first-order chi connectivity index (χ1) is 10.6. The van der Waals surface area contributed by atoms with Gasteiger partial charge >= 0.3 is 0 Å². The van der Waals surface area contributed by atoms with Gasteiger partial charge in [0.15, 0.2) is 6.61 Å². The van der Waals surface area contributed by atoms with E-state index in [9.17, 15) is 9.18 Å². The number of carbonyl (C=O) groups is 1. The van der Waals surface area contributed by atoms with E-state index in [1.807, 2.05) is 0 Å². The number of rotatable bonds is 5. The average molecular weight is 367 g/mol. The zero-order valence-electron chi connectivity index (χ0n) is 11.3. The molecule has 0 spiro atoms. The minimum Gasteiger partial charge on any atom is -0.483 e. The lowest BCUT2D eigenvalue weighted by molar-refractivity contribution is -0.118. The third-order valence-corrected chi connectivity index (χ3v) is 3.15. The molecule has 0 heterocycles. The third-order valence-electron chi connectivity index (χ3n) is 2.66. The molecule has 2 aromatic rings. The van der Waals surface area contributed by atoms with Crippen LogP contribution in [0.2, 0.25) is 0 Å². The summed E-state index contributed by atoms with van der Waals surface area (Å²) in [6, 6.07) is 10.5. The van der Waals surface area contributed by atoms with Crippen LogP contribution in [0.25, 0.3) is 0 Å². The SMILES string of the molecule is O=C(COc1ccc(Br)cc1C=NO)Nc1ccc(F)cc1. The lowest BCUT2D eigenvalue weighted by Crippen LogP contribution is -2.20. The van der Waals surface area contributed by atoms with Crippen molar-refractivity contribution in [3.63, 3.8) is 0 Å². The predicted molar refractivity (Wildman–Crippen MR) is 84.0 cm³/mol. The van der Waals surface area contributed by atoms with E-state index < -0.39 is 0 Å². The molecular weight excluding hydrogens is 355 g/mol. The zero-order valence-corrected chi connectivity index (χ0v) is 12.9. The van der Waals surface area contributed by atoms with Crippen LogP contribution in [0.5, 0.6) is 5.75 Å². The number of halogens is 2. The van der Waals surface area contributed by atoms with Gasteiger partial charge in [0.2, 0.25) is 0 Å². The van der Waals surface area contributed by atoms with E-state index in [2.05, 4.69) is 26.4 Å². The average Bonchev–Trinajstić information content (AvgIpc) is 2.49. The molecular formula is C15H12BrFN2O3. The van der Waals surface area contributed by atoms with Crippen LogP contribution >= 0.6 is 15.9 Å². The highest BCUT2D eigenvalue weighted by atomic mass is 79.9. The number of anilines is 1. The summed E-state index contributed by atoms with van der Waals surface area (Å²) >= 11 is 3.29. The van der Waals surface area contributed by atoms with Crippen LogP contribution < -0.4 is 10.1 Å². The van der Waals surface area contributed by atoms with Gasteiger partial charge in [-0.05, 0) is 42.5 Å². The molecule has 0 aliphatic rings. The van der Waals surface area contributed by atoms with Crippen molar-refractivity contribution < 1.29 is 19.1 Å². The molecule has 2 rings (SSSR count). The van der Waals surface area contributed by atoms with Gasteiger partial charge in [0.25, 0.3) is 5.91 Å².